The molecule has 3 rings (SSSR count). The first-order valence-electron chi connectivity index (χ1n) is 7.61. The van der Waals surface area contributed by atoms with Gasteiger partial charge < -0.3 is 21.4 Å². The first kappa shape index (κ1) is 16.7. The minimum atomic E-state index is -0.658. The van der Waals surface area contributed by atoms with Crippen LogP contribution < -0.4 is 16.4 Å². The van der Waals surface area contributed by atoms with Crippen molar-refractivity contribution in [2.75, 3.05) is 5.32 Å². The zero-order valence-electron chi connectivity index (χ0n) is 13.2. The molecule has 5 N–H and O–H groups in total. The summed E-state index contributed by atoms with van der Waals surface area (Å²) in [6.45, 7) is 0. The summed E-state index contributed by atoms with van der Waals surface area (Å²) in [6, 6.07) is 9.96. The molecule has 0 saturated heterocycles. The van der Waals surface area contributed by atoms with E-state index < -0.39 is 12.1 Å². The van der Waals surface area contributed by atoms with E-state index in [1.54, 1.807) is 24.5 Å². The van der Waals surface area contributed by atoms with E-state index in [4.69, 9.17) is 5.73 Å². The van der Waals surface area contributed by atoms with Crippen LogP contribution in [-0.4, -0.2) is 21.9 Å². The fraction of sp³-hybridized carbons (Fsp3) is 0.118. The van der Waals surface area contributed by atoms with E-state index in [9.17, 15) is 9.59 Å². The van der Waals surface area contributed by atoms with Gasteiger partial charge in [0, 0.05) is 28.5 Å². The lowest BCUT2D eigenvalue weighted by Gasteiger charge is -2.16. The summed E-state index contributed by atoms with van der Waals surface area (Å²) >= 11 is 1.46. The van der Waals surface area contributed by atoms with Crippen LogP contribution >= 0.6 is 11.3 Å². The second-order valence-electron chi connectivity index (χ2n) is 5.34. The number of carbonyl (C=O) groups is 2. The number of amides is 3. The molecule has 128 valence electrons. The third-order valence-corrected chi connectivity index (χ3v) is 4.52. The molecular weight excluding hydrogens is 338 g/mol. The molecule has 0 fully saturated rings. The Balaban J connectivity index is 1.63. The molecule has 1 unspecified atom stereocenters. The van der Waals surface area contributed by atoms with Crippen molar-refractivity contribution < 1.29 is 9.59 Å². The Labute approximate surface area is 148 Å². The molecule has 0 spiro atoms. The monoisotopic (exact) mass is 355 g/mol. The Kier molecular flexibility index (Phi) is 5.10. The van der Waals surface area contributed by atoms with Gasteiger partial charge in [0.25, 0.3) is 0 Å². The Morgan fingerprint density at radius 2 is 2.04 bits per heavy atom. The highest BCUT2D eigenvalue weighted by atomic mass is 32.1. The summed E-state index contributed by atoms with van der Waals surface area (Å²) in [7, 11) is 0. The van der Waals surface area contributed by atoms with Gasteiger partial charge in [-0.15, -0.1) is 11.3 Å². The van der Waals surface area contributed by atoms with Crippen molar-refractivity contribution in [3.63, 3.8) is 0 Å². The number of thiophene rings is 1. The highest BCUT2D eigenvalue weighted by molar-refractivity contribution is 7.10. The second kappa shape index (κ2) is 7.63. The van der Waals surface area contributed by atoms with Crippen LogP contribution in [-0.2, 0) is 4.79 Å². The van der Waals surface area contributed by atoms with Gasteiger partial charge in [-0.3, -0.25) is 4.79 Å². The predicted molar refractivity (Wildman–Crippen MR) is 97.0 cm³/mol. The normalized spacial score (nSPS) is 11.7. The Bertz CT molecular complexity index is 829. The molecule has 0 aliphatic heterocycles. The number of primary amides is 1. The summed E-state index contributed by atoms with van der Waals surface area (Å²) in [5, 5.41) is 7.31. The molecule has 3 amide bonds. The Morgan fingerprint density at radius 1 is 1.24 bits per heavy atom. The van der Waals surface area contributed by atoms with Gasteiger partial charge >= 0.3 is 6.03 Å². The molecule has 0 aliphatic rings. The van der Waals surface area contributed by atoms with Crippen LogP contribution in [0.5, 0.6) is 0 Å². The van der Waals surface area contributed by atoms with Crippen molar-refractivity contribution in [3.05, 3.63) is 59.0 Å². The van der Waals surface area contributed by atoms with Crippen LogP contribution in [0.1, 0.15) is 17.3 Å². The SMILES string of the molecule is NC(=O)NC(CC(=O)Nc1ccc(-c2ncc[nH]2)cc1)c1cccs1. The van der Waals surface area contributed by atoms with E-state index in [0.29, 0.717) is 5.69 Å². The van der Waals surface area contributed by atoms with Crippen LogP contribution in [0, 0.1) is 0 Å². The molecule has 8 heteroatoms. The molecule has 1 atom stereocenters. The smallest absolute Gasteiger partial charge is 0.312 e. The van der Waals surface area contributed by atoms with Crippen molar-refractivity contribution in [1.29, 1.82) is 0 Å². The van der Waals surface area contributed by atoms with Crippen molar-refractivity contribution >= 4 is 29.0 Å². The highest BCUT2D eigenvalue weighted by Crippen LogP contribution is 2.23. The quantitative estimate of drug-likeness (QED) is 0.545. The zero-order valence-corrected chi connectivity index (χ0v) is 14.0. The van der Waals surface area contributed by atoms with E-state index in [1.165, 1.54) is 11.3 Å². The molecule has 0 saturated carbocycles. The van der Waals surface area contributed by atoms with Gasteiger partial charge in [-0.1, -0.05) is 6.07 Å². The third-order valence-electron chi connectivity index (χ3n) is 3.53. The number of hydrogen-bond donors (Lipinski definition) is 4. The number of aromatic amines is 1. The molecule has 1 aromatic carbocycles. The largest absolute Gasteiger partial charge is 0.352 e. The van der Waals surface area contributed by atoms with Crippen LogP contribution in [0.25, 0.3) is 11.4 Å². The van der Waals surface area contributed by atoms with Gasteiger partial charge in [0.15, 0.2) is 0 Å². The van der Waals surface area contributed by atoms with E-state index in [1.807, 2.05) is 29.6 Å². The van der Waals surface area contributed by atoms with E-state index in [0.717, 1.165) is 16.3 Å². The topological polar surface area (TPSA) is 113 Å². The van der Waals surface area contributed by atoms with Gasteiger partial charge in [0.05, 0.1) is 12.5 Å². The minimum Gasteiger partial charge on any atom is -0.352 e. The number of aromatic nitrogens is 2. The average Bonchev–Trinajstić information content (AvgIpc) is 3.28. The molecular formula is C17H17N5O2S. The number of hydrogen-bond acceptors (Lipinski definition) is 4. The third kappa shape index (κ3) is 4.45. The standard InChI is InChI=1S/C17H17N5O2S/c18-17(24)22-13(14-2-1-9-25-14)10-15(23)21-12-5-3-11(4-6-12)16-19-7-8-20-16/h1-9,13H,10H2,(H,19,20)(H,21,23)(H3,18,22,24). The van der Waals surface area contributed by atoms with E-state index in [2.05, 4.69) is 20.6 Å². The van der Waals surface area contributed by atoms with Gasteiger partial charge in [-0.05, 0) is 35.7 Å². The van der Waals surface area contributed by atoms with Crippen molar-refractivity contribution in [2.45, 2.75) is 12.5 Å². The number of benzene rings is 1. The first-order chi connectivity index (χ1) is 12.1. The van der Waals surface area contributed by atoms with E-state index in [-0.39, 0.29) is 12.3 Å². The van der Waals surface area contributed by atoms with Crippen molar-refractivity contribution in [1.82, 2.24) is 15.3 Å². The average molecular weight is 355 g/mol. The summed E-state index contributed by atoms with van der Waals surface area (Å²) in [4.78, 5) is 31.5. The molecule has 2 heterocycles. The van der Waals surface area contributed by atoms with Gasteiger partial charge in [-0.2, -0.15) is 0 Å². The highest BCUT2D eigenvalue weighted by Gasteiger charge is 2.18. The lowest BCUT2D eigenvalue weighted by molar-refractivity contribution is -0.116. The number of rotatable bonds is 6. The number of carbonyl (C=O) groups excluding carboxylic acids is 2. The number of nitrogens with one attached hydrogen (secondary N) is 3. The van der Waals surface area contributed by atoms with Crippen molar-refractivity contribution in [2.24, 2.45) is 5.73 Å². The molecule has 3 aromatic rings. The first-order valence-corrected chi connectivity index (χ1v) is 8.49. The fourth-order valence-electron chi connectivity index (χ4n) is 2.42. The Morgan fingerprint density at radius 3 is 2.64 bits per heavy atom. The molecule has 7 nitrogen and oxygen atoms in total. The lowest BCUT2D eigenvalue weighted by atomic mass is 10.1. The van der Waals surface area contributed by atoms with Gasteiger partial charge in [-0.25, -0.2) is 9.78 Å². The van der Waals surface area contributed by atoms with Crippen LogP contribution in [0.2, 0.25) is 0 Å². The maximum atomic E-state index is 12.3. The zero-order chi connectivity index (χ0) is 17.6. The number of anilines is 1. The number of H-pyrrole nitrogens is 1. The maximum Gasteiger partial charge on any atom is 0.312 e. The molecule has 25 heavy (non-hydrogen) atoms. The lowest BCUT2D eigenvalue weighted by Crippen LogP contribution is -2.34. The number of nitrogens with two attached hydrogens (primary N) is 1. The fourth-order valence-corrected chi connectivity index (χ4v) is 3.19. The van der Waals surface area contributed by atoms with E-state index >= 15 is 0 Å². The molecule has 0 aliphatic carbocycles. The van der Waals surface area contributed by atoms with Crippen molar-refractivity contribution in [3.8, 4) is 11.4 Å². The van der Waals surface area contributed by atoms with Gasteiger partial charge in [0.2, 0.25) is 5.91 Å². The predicted octanol–water partition coefficient (Wildman–Crippen LogP) is 2.88. The summed E-state index contributed by atoms with van der Waals surface area (Å²) < 4.78 is 0. The number of urea groups is 1. The van der Waals surface area contributed by atoms with Crippen LogP contribution in [0.4, 0.5) is 10.5 Å². The molecule has 2 aromatic heterocycles. The number of imidazole rings is 1. The minimum absolute atomic E-state index is 0.101. The summed E-state index contributed by atoms with van der Waals surface area (Å²) in [5.41, 5.74) is 6.80. The summed E-state index contributed by atoms with van der Waals surface area (Å²) in [5.74, 6) is 0.555. The maximum absolute atomic E-state index is 12.3. The van der Waals surface area contributed by atoms with Gasteiger partial charge in [0.1, 0.15) is 5.82 Å². The summed E-state index contributed by atoms with van der Waals surface area (Å²) in [6.07, 6.45) is 3.53. The van der Waals surface area contributed by atoms with Crippen LogP contribution in [0.15, 0.2) is 54.2 Å². The number of nitrogens with zero attached hydrogens (tertiary/aromatic N) is 1. The van der Waals surface area contributed by atoms with Crippen LogP contribution in [0.3, 0.4) is 0 Å². The molecule has 0 bridgehead atoms. The molecule has 0 radical (unpaired) electrons. The Hall–Kier alpha value is -3.13. The second-order valence-corrected chi connectivity index (χ2v) is 6.32.